The van der Waals surface area contributed by atoms with Gasteiger partial charge in [0.25, 0.3) is 15.9 Å². The van der Waals surface area contributed by atoms with Gasteiger partial charge in [0.05, 0.1) is 16.6 Å². The van der Waals surface area contributed by atoms with Crippen LogP contribution < -0.4 is 9.62 Å². The van der Waals surface area contributed by atoms with Crippen LogP contribution >= 0.6 is 11.6 Å². The summed E-state index contributed by atoms with van der Waals surface area (Å²) in [7, 11) is -4.07. The standard InChI is InChI=1S/C30H31ClFN3O4S/c1-19(2)28-30(13-15-34(16-14-30)20(3)36)26-18-24(33-29(37)21-5-4-6-22(31)17-21)9-12-27(26)35(28)40(38,39)25-10-7-23(32)8-11-25/h4-12,17-19,28H,13-16H2,1-3H3,(H,33,37). The second-order valence-corrected chi connectivity index (χ2v) is 13.1. The van der Waals surface area contributed by atoms with Crippen molar-refractivity contribution in [2.24, 2.45) is 5.92 Å². The monoisotopic (exact) mass is 583 g/mol. The highest BCUT2D eigenvalue weighted by Gasteiger charge is 2.56. The third-order valence-electron chi connectivity index (χ3n) is 8.04. The van der Waals surface area contributed by atoms with Gasteiger partial charge >= 0.3 is 0 Å². The number of amides is 2. The summed E-state index contributed by atoms with van der Waals surface area (Å²) in [4.78, 5) is 27.0. The lowest BCUT2D eigenvalue weighted by atomic mass is 9.66. The first-order valence-electron chi connectivity index (χ1n) is 13.2. The van der Waals surface area contributed by atoms with Gasteiger partial charge in [-0.05, 0) is 85.0 Å². The Kier molecular flexibility index (Phi) is 7.39. The van der Waals surface area contributed by atoms with Gasteiger partial charge in [-0.1, -0.05) is 31.5 Å². The molecule has 0 radical (unpaired) electrons. The van der Waals surface area contributed by atoms with Crippen LogP contribution in [0.4, 0.5) is 15.8 Å². The minimum atomic E-state index is -4.07. The van der Waals surface area contributed by atoms with E-state index in [1.807, 2.05) is 19.9 Å². The molecular formula is C30H31ClFN3O4S. The molecule has 1 spiro atoms. The van der Waals surface area contributed by atoms with E-state index in [1.54, 1.807) is 41.3 Å². The van der Waals surface area contributed by atoms with Crippen LogP contribution in [0.25, 0.3) is 0 Å². The van der Waals surface area contributed by atoms with Gasteiger partial charge in [-0.15, -0.1) is 0 Å². The second kappa shape index (κ2) is 10.5. The summed E-state index contributed by atoms with van der Waals surface area (Å²) >= 11 is 6.07. The minimum absolute atomic E-state index is 0.00191. The molecule has 0 aliphatic carbocycles. The number of halogens is 2. The molecule has 2 amide bonds. The summed E-state index contributed by atoms with van der Waals surface area (Å²) in [5.74, 6) is -0.963. The van der Waals surface area contributed by atoms with E-state index in [4.69, 9.17) is 11.6 Å². The Labute approximate surface area is 239 Å². The quantitative estimate of drug-likeness (QED) is 0.408. The summed E-state index contributed by atoms with van der Waals surface area (Å²) in [5, 5.41) is 3.37. The fraction of sp³-hybridized carbons (Fsp3) is 0.333. The highest BCUT2D eigenvalue weighted by Crippen LogP contribution is 2.55. The number of carbonyl (C=O) groups excluding carboxylic acids is 2. The number of carbonyl (C=O) groups is 2. The summed E-state index contributed by atoms with van der Waals surface area (Å²) in [6.45, 7) is 6.49. The second-order valence-electron chi connectivity index (χ2n) is 10.8. The molecule has 0 aromatic heterocycles. The molecule has 1 fully saturated rings. The van der Waals surface area contributed by atoms with Crippen molar-refractivity contribution in [2.75, 3.05) is 22.7 Å². The van der Waals surface area contributed by atoms with Crippen molar-refractivity contribution in [3.05, 3.63) is 88.7 Å². The van der Waals surface area contributed by atoms with Gasteiger partial charge in [-0.2, -0.15) is 0 Å². The molecule has 7 nitrogen and oxygen atoms in total. The zero-order chi connectivity index (χ0) is 28.8. The van der Waals surface area contributed by atoms with E-state index in [0.29, 0.717) is 47.9 Å². The number of rotatable bonds is 5. The van der Waals surface area contributed by atoms with Crippen molar-refractivity contribution in [1.29, 1.82) is 0 Å². The normalized spacial score (nSPS) is 18.2. The number of likely N-dealkylation sites (tertiary alicyclic amines) is 1. The fourth-order valence-electron chi connectivity index (χ4n) is 6.27. The number of hydrogen-bond donors (Lipinski definition) is 1. The molecular weight excluding hydrogens is 553 g/mol. The zero-order valence-electron chi connectivity index (χ0n) is 22.5. The van der Waals surface area contributed by atoms with Crippen molar-refractivity contribution in [3.63, 3.8) is 0 Å². The van der Waals surface area contributed by atoms with Crippen LogP contribution in [-0.4, -0.2) is 44.3 Å². The Hall–Kier alpha value is -3.43. The van der Waals surface area contributed by atoms with Crippen molar-refractivity contribution in [3.8, 4) is 0 Å². The van der Waals surface area contributed by atoms with Crippen LogP contribution in [0.3, 0.4) is 0 Å². The molecule has 3 aromatic rings. The Balaban J connectivity index is 1.62. The van der Waals surface area contributed by atoms with Gasteiger partial charge in [-0.3, -0.25) is 13.9 Å². The van der Waals surface area contributed by atoms with E-state index < -0.39 is 27.3 Å². The molecule has 3 aromatic carbocycles. The molecule has 40 heavy (non-hydrogen) atoms. The average Bonchev–Trinajstić information content (AvgIpc) is 3.19. The smallest absolute Gasteiger partial charge is 0.264 e. The number of hydrogen-bond acceptors (Lipinski definition) is 4. The molecule has 1 unspecified atom stereocenters. The molecule has 5 rings (SSSR count). The molecule has 0 bridgehead atoms. The van der Waals surface area contributed by atoms with Crippen LogP contribution in [0.1, 0.15) is 49.5 Å². The number of nitrogens with one attached hydrogen (secondary N) is 1. The summed E-state index contributed by atoms with van der Waals surface area (Å²) in [5.41, 5.74) is 1.67. The predicted molar refractivity (Wildman–Crippen MR) is 154 cm³/mol. The number of benzene rings is 3. The van der Waals surface area contributed by atoms with Crippen molar-refractivity contribution in [1.82, 2.24) is 4.90 Å². The van der Waals surface area contributed by atoms with Crippen LogP contribution in [0.2, 0.25) is 5.02 Å². The van der Waals surface area contributed by atoms with E-state index in [0.717, 1.165) is 17.7 Å². The number of anilines is 2. The van der Waals surface area contributed by atoms with E-state index in [2.05, 4.69) is 5.32 Å². The average molecular weight is 584 g/mol. The minimum Gasteiger partial charge on any atom is -0.343 e. The molecule has 2 aliphatic rings. The van der Waals surface area contributed by atoms with Crippen LogP contribution in [0.5, 0.6) is 0 Å². The van der Waals surface area contributed by atoms with Gasteiger partial charge in [0, 0.05) is 41.7 Å². The molecule has 10 heteroatoms. The van der Waals surface area contributed by atoms with E-state index in [1.165, 1.54) is 23.4 Å². The van der Waals surface area contributed by atoms with Crippen LogP contribution in [0, 0.1) is 11.7 Å². The molecule has 0 saturated carbocycles. The predicted octanol–water partition coefficient (Wildman–Crippen LogP) is 5.85. The van der Waals surface area contributed by atoms with Gasteiger partial charge in [-0.25, -0.2) is 12.8 Å². The number of nitrogens with zero attached hydrogens (tertiary/aromatic N) is 2. The fourth-order valence-corrected chi connectivity index (χ4v) is 8.32. The summed E-state index contributed by atoms with van der Waals surface area (Å²) < 4.78 is 43.5. The highest BCUT2D eigenvalue weighted by atomic mass is 35.5. The number of piperidine rings is 1. The first kappa shape index (κ1) is 28.1. The Morgan fingerprint density at radius 3 is 2.30 bits per heavy atom. The lowest BCUT2D eigenvalue weighted by Crippen LogP contribution is -2.55. The number of sulfonamides is 1. The van der Waals surface area contributed by atoms with Gasteiger partial charge in [0.1, 0.15) is 5.82 Å². The maximum Gasteiger partial charge on any atom is 0.264 e. The van der Waals surface area contributed by atoms with E-state index in [9.17, 15) is 22.4 Å². The third kappa shape index (κ3) is 4.86. The molecule has 2 aliphatic heterocycles. The summed E-state index contributed by atoms with van der Waals surface area (Å²) in [6, 6.07) is 16.3. The zero-order valence-corrected chi connectivity index (χ0v) is 24.1. The van der Waals surface area contributed by atoms with Crippen LogP contribution in [-0.2, 0) is 20.2 Å². The van der Waals surface area contributed by atoms with E-state index in [-0.39, 0.29) is 22.6 Å². The molecule has 1 saturated heterocycles. The highest BCUT2D eigenvalue weighted by molar-refractivity contribution is 7.92. The van der Waals surface area contributed by atoms with Gasteiger partial charge < -0.3 is 10.2 Å². The van der Waals surface area contributed by atoms with Gasteiger partial charge in [0.15, 0.2) is 0 Å². The van der Waals surface area contributed by atoms with Crippen molar-refractivity contribution >= 4 is 44.8 Å². The first-order chi connectivity index (χ1) is 18.9. The van der Waals surface area contributed by atoms with Gasteiger partial charge in [0.2, 0.25) is 5.91 Å². The molecule has 1 N–H and O–H groups in total. The summed E-state index contributed by atoms with van der Waals surface area (Å²) in [6.07, 6.45) is 1.12. The first-order valence-corrected chi connectivity index (χ1v) is 15.0. The Bertz CT molecular complexity index is 1570. The maximum atomic E-state index is 14.2. The SMILES string of the molecule is CC(=O)N1CCC2(CC1)c1cc(NC(=O)c3cccc(Cl)c3)ccc1N(S(=O)(=O)c1ccc(F)cc1)C2C(C)C. The largest absolute Gasteiger partial charge is 0.343 e. The maximum absolute atomic E-state index is 14.2. The van der Waals surface area contributed by atoms with Crippen molar-refractivity contribution in [2.45, 2.75) is 50.0 Å². The third-order valence-corrected chi connectivity index (χ3v) is 10.1. The van der Waals surface area contributed by atoms with Crippen LogP contribution in [0.15, 0.2) is 71.6 Å². The van der Waals surface area contributed by atoms with Crippen molar-refractivity contribution < 1.29 is 22.4 Å². The molecule has 210 valence electrons. The Morgan fingerprint density at radius 2 is 1.70 bits per heavy atom. The van der Waals surface area contributed by atoms with E-state index >= 15 is 0 Å². The lowest BCUT2D eigenvalue weighted by Gasteiger charge is -2.46. The molecule has 2 heterocycles. The topological polar surface area (TPSA) is 86.8 Å². The lowest BCUT2D eigenvalue weighted by molar-refractivity contribution is -0.130. The molecule has 1 atom stereocenters. The Morgan fingerprint density at radius 1 is 1.02 bits per heavy atom. The number of fused-ring (bicyclic) bond motifs is 2.